The predicted octanol–water partition coefficient (Wildman–Crippen LogP) is 4.76. The average molecular weight is 455 g/mol. The number of nitrogens with zero attached hydrogens (tertiary/aromatic N) is 2. The minimum atomic E-state index is -1.46. The Morgan fingerprint density at radius 2 is 1.76 bits per heavy atom. The van der Waals surface area contributed by atoms with Crippen LogP contribution in [0.1, 0.15) is 44.7 Å². The van der Waals surface area contributed by atoms with Crippen molar-refractivity contribution in [3.63, 3.8) is 0 Å². The Morgan fingerprint density at radius 3 is 2.39 bits per heavy atom. The summed E-state index contributed by atoms with van der Waals surface area (Å²) in [7, 11) is 0. The maximum absolute atomic E-state index is 14.2. The summed E-state index contributed by atoms with van der Waals surface area (Å²) in [5.74, 6) is -1.28. The number of hydrogen-bond acceptors (Lipinski definition) is 5. The average Bonchev–Trinajstić information content (AvgIpc) is 3.26. The van der Waals surface area contributed by atoms with E-state index in [9.17, 15) is 14.4 Å². The molecule has 2 aromatic carbocycles. The number of hydrogen-bond donors (Lipinski definition) is 0. The number of halogens is 1. The van der Waals surface area contributed by atoms with Crippen molar-refractivity contribution in [2.45, 2.75) is 24.9 Å². The number of fused-ring (bicyclic) bond motifs is 5. The number of ketones is 3. The third-order valence-corrected chi connectivity index (χ3v) is 7.46. The van der Waals surface area contributed by atoms with Gasteiger partial charge in [-0.05, 0) is 42.3 Å². The number of Topliss-reactive ketones (excluding diaryl/α,β-unsaturated/α-hetero) is 3. The quantitative estimate of drug-likeness (QED) is 0.522. The van der Waals surface area contributed by atoms with E-state index in [1.165, 1.54) is 6.92 Å². The molecule has 6 rings (SSSR count). The Hall–Kier alpha value is -3.57. The number of anilines is 1. The minimum absolute atomic E-state index is 0.113. The molecule has 33 heavy (non-hydrogen) atoms. The van der Waals surface area contributed by atoms with Crippen LogP contribution in [0.15, 0.2) is 73.1 Å². The summed E-state index contributed by atoms with van der Waals surface area (Å²) >= 11 is 6.24. The summed E-state index contributed by atoms with van der Waals surface area (Å²) in [6.45, 7) is 1.52. The van der Waals surface area contributed by atoms with Crippen molar-refractivity contribution < 1.29 is 14.4 Å². The van der Waals surface area contributed by atoms with Crippen molar-refractivity contribution in [3.05, 3.63) is 100 Å². The van der Waals surface area contributed by atoms with E-state index < -0.39 is 23.4 Å². The monoisotopic (exact) mass is 454 g/mol. The molecule has 3 aromatic rings. The zero-order valence-electron chi connectivity index (χ0n) is 17.7. The smallest absolute Gasteiger partial charge is 0.180 e. The number of rotatable bonds is 2. The van der Waals surface area contributed by atoms with Crippen molar-refractivity contribution in [1.82, 2.24) is 4.98 Å². The van der Waals surface area contributed by atoms with E-state index in [1.807, 2.05) is 35.3 Å². The maximum atomic E-state index is 14.2. The highest BCUT2D eigenvalue weighted by molar-refractivity contribution is 6.32. The molecule has 1 aliphatic carbocycles. The van der Waals surface area contributed by atoms with Gasteiger partial charge in [0.05, 0.1) is 12.1 Å². The van der Waals surface area contributed by atoms with Crippen molar-refractivity contribution >= 4 is 40.7 Å². The molecule has 3 heterocycles. The molecule has 1 spiro atoms. The second-order valence-corrected chi connectivity index (χ2v) is 9.24. The lowest BCUT2D eigenvalue weighted by Crippen LogP contribution is -2.48. The van der Waals surface area contributed by atoms with Gasteiger partial charge in [-0.2, -0.15) is 0 Å². The number of benzene rings is 2. The first-order valence-electron chi connectivity index (χ1n) is 10.8. The maximum Gasteiger partial charge on any atom is 0.180 e. The van der Waals surface area contributed by atoms with E-state index in [4.69, 9.17) is 11.6 Å². The molecule has 0 unspecified atom stereocenters. The van der Waals surface area contributed by atoms with Crippen LogP contribution in [0.25, 0.3) is 6.08 Å². The normalized spacial score (nSPS) is 24.1. The second-order valence-electron chi connectivity index (χ2n) is 8.81. The molecule has 5 nitrogen and oxygen atoms in total. The highest BCUT2D eigenvalue weighted by Gasteiger charge is 2.71. The van der Waals surface area contributed by atoms with Gasteiger partial charge in [0.25, 0.3) is 0 Å². The van der Waals surface area contributed by atoms with Gasteiger partial charge in [-0.25, -0.2) is 0 Å². The lowest BCUT2D eigenvalue weighted by atomic mass is 9.64. The number of carbonyl (C=O) groups excluding carboxylic acids is 3. The van der Waals surface area contributed by atoms with Crippen LogP contribution in [0.2, 0.25) is 5.02 Å². The van der Waals surface area contributed by atoms with Crippen LogP contribution in [-0.4, -0.2) is 34.4 Å². The molecular formula is C27H19ClN2O3. The zero-order valence-corrected chi connectivity index (χ0v) is 18.5. The summed E-state index contributed by atoms with van der Waals surface area (Å²) in [4.78, 5) is 47.8. The van der Waals surface area contributed by atoms with Crippen LogP contribution in [0, 0.1) is 5.41 Å². The lowest BCUT2D eigenvalue weighted by molar-refractivity contribution is -0.118. The minimum Gasteiger partial charge on any atom is -0.352 e. The van der Waals surface area contributed by atoms with Gasteiger partial charge in [-0.3, -0.25) is 19.4 Å². The summed E-state index contributed by atoms with van der Waals surface area (Å²) in [6.07, 6.45) is 7.09. The molecular weight excluding hydrogens is 436 g/mol. The van der Waals surface area contributed by atoms with E-state index in [1.54, 1.807) is 48.8 Å². The SMILES string of the molecule is CC(=O)[C@@H]1[C@H](c2cccnc2)C2(C(=O)c3ccccc3C2=O)[C@@H]2C=Cc3cc(Cl)ccc3N12. The van der Waals surface area contributed by atoms with Gasteiger partial charge in [-0.1, -0.05) is 54.1 Å². The van der Waals surface area contributed by atoms with Crippen LogP contribution in [0.4, 0.5) is 5.69 Å². The van der Waals surface area contributed by atoms with Crippen LogP contribution in [-0.2, 0) is 4.79 Å². The number of carbonyl (C=O) groups is 3. The predicted molar refractivity (Wildman–Crippen MR) is 126 cm³/mol. The molecule has 0 saturated carbocycles. The molecule has 1 aromatic heterocycles. The van der Waals surface area contributed by atoms with E-state index in [0.29, 0.717) is 21.7 Å². The first kappa shape index (κ1) is 20.1. The molecule has 1 fully saturated rings. The van der Waals surface area contributed by atoms with Gasteiger partial charge in [0, 0.05) is 40.1 Å². The molecule has 0 N–H and O–H groups in total. The fourth-order valence-corrected chi connectivity index (χ4v) is 6.21. The van der Waals surface area contributed by atoms with Crippen LogP contribution in [0.5, 0.6) is 0 Å². The van der Waals surface area contributed by atoms with Crippen LogP contribution >= 0.6 is 11.6 Å². The van der Waals surface area contributed by atoms with Gasteiger partial charge < -0.3 is 4.90 Å². The number of pyridine rings is 1. The Balaban J connectivity index is 1.68. The molecule has 0 radical (unpaired) electrons. The summed E-state index contributed by atoms with van der Waals surface area (Å²) < 4.78 is 0. The topological polar surface area (TPSA) is 67.3 Å². The van der Waals surface area contributed by atoms with E-state index in [2.05, 4.69) is 4.98 Å². The van der Waals surface area contributed by atoms with Crippen molar-refractivity contribution in [3.8, 4) is 0 Å². The summed E-state index contributed by atoms with van der Waals surface area (Å²) in [5, 5.41) is 0.578. The largest absolute Gasteiger partial charge is 0.352 e. The van der Waals surface area contributed by atoms with E-state index in [0.717, 1.165) is 11.3 Å². The Morgan fingerprint density at radius 1 is 1.03 bits per heavy atom. The molecule has 0 bridgehead atoms. The Kier molecular flexibility index (Phi) is 4.23. The lowest BCUT2D eigenvalue weighted by Gasteiger charge is -2.37. The van der Waals surface area contributed by atoms with Gasteiger partial charge in [0.15, 0.2) is 17.3 Å². The van der Waals surface area contributed by atoms with Crippen molar-refractivity contribution in [2.75, 3.05) is 4.90 Å². The summed E-state index contributed by atoms with van der Waals surface area (Å²) in [6, 6.07) is 14.7. The van der Waals surface area contributed by atoms with Crippen molar-refractivity contribution in [1.29, 1.82) is 0 Å². The first-order valence-corrected chi connectivity index (χ1v) is 11.2. The fraction of sp³-hybridized carbons (Fsp3) is 0.185. The van der Waals surface area contributed by atoms with Gasteiger partial charge in [0.1, 0.15) is 5.41 Å². The fourth-order valence-electron chi connectivity index (χ4n) is 6.03. The molecule has 1 saturated heterocycles. The van der Waals surface area contributed by atoms with Crippen molar-refractivity contribution in [2.24, 2.45) is 5.41 Å². The zero-order chi connectivity index (χ0) is 22.9. The second kappa shape index (κ2) is 6.96. The Bertz CT molecular complexity index is 1350. The highest BCUT2D eigenvalue weighted by Crippen LogP contribution is 2.60. The van der Waals surface area contributed by atoms with E-state index >= 15 is 0 Å². The van der Waals surface area contributed by atoms with Gasteiger partial charge in [0.2, 0.25) is 0 Å². The standard InChI is InChI=1S/C27H19ClN2O3/c1-15(31)24-23(17-5-4-12-29-14-17)27(25(32)19-6-2-3-7-20(19)26(27)33)22-11-8-16-13-18(28)9-10-21(16)30(22)24/h2-14,22-24H,1H3/t22-,23-,24+/m0/s1. The molecule has 0 amide bonds. The summed E-state index contributed by atoms with van der Waals surface area (Å²) in [5.41, 5.74) is 1.70. The molecule has 3 aliphatic rings. The van der Waals surface area contributed by atoms with E-state index in [-0.39, 0.29) is 17.3 Å². The molecule has 6 heteroatoms. The highest BCUT2D eigenvalue weighted by atomic mass is 35.5. The molecule has 3 atom stereocenters. The Labute approximate surface area is 195 Å². The van der Waals surface area contributed by atoms with Gasteiger partial charge >= 0.3 is 0 Å². The number of aromatic nitrogens is 1. The third-order valence-electron chi connectivity index (χ3n) is 7.23. The van der Waals surface area contributed by atoms with Crippen LogP contribution in [0.3, 0.4) is 0 Å². The molecule has 2 aliphatic heterocycles. The van der Waals surface area contributed by atoms with Gasteiger partial charge in [-0.15, -0.1) is 0 Å². The third kappa shape index (κ3) is 2.48. The van der Waals surface area contributed by atoms with Crippen LogP contribution < -0.4 is 4.90 Å². The molecule has 162 valence electrons. The first-order chi connectivity index (χ1) is 16.0.